The topological polar surface area (TPSA) is 108 Å². The molecule has 0 bridgehead atoms. The number of hydrogen-bond donors (Lipinski definition) is 1. The minimum Gasteiger partial charge on any atom is -0.477 e. The molecule has 368 valence electrons. The number of esters is 2. The van der Waals surface area contributed by atoms with Gasteiger partial charge in [0.05, 0.1) is 34.4 Å². The molecular weight excluding hydrogens is 779 g/mol. The van der Waals surface area contributed by atoms with Gasteiger partial charge in [-0.15, -0.1) is 0 Å². The zero-order chi connectivity index (χ0) is 45.6. The summed E-state index contributed by atoms with van der Waals surface area (Å²) in [4.78, 5) is 37.2. The van der Waals surface area contributed by atoms with Crippen LogP contribution in [-0.2, 0) is 33.3 Å². The standard InChI is InChI=1S/C53H103NO8/c1-6-8-10-12-14-16-18-20-21-22-23-24-25-26-27-28-29-30-32-34-36-38-40-42-44-51(56)62-49(48-61-53(52(57)58)59-46-45-54(3,4)5)47-60-50(55)43-41-39-37-35-33-31-19-17-15-13-11-9-7-2/h49,53H,6-48H2,1-5H3/p+1. The second kappa shape index (κ2) is 45.8. The molecule has 0 aromatic rings. The Kier molecular flexibility index (Phi) is 44.6. The van der Waals surface area contributed by atoms with Crippen molar-refractivity contribution in [2.75, 3.05) is 47.5 Å². The lowest BCUT2D eigenvalue weighted by molar-refractivity contribution is -0.870. The fourth-order valence-electron chi connectivity index (χ4n) is 7.96. The second-order valence-electron chi connectivity index (χ2n) is 19.6. The van der Waals surface area contributed by atoms with Crippen molar-refractivity contribution >= 4 is 17.9 Å². The van der Waals surface area contributed by atoms with Gasteiger partial charge < -0.3 is 28.5 Å². The third-order valence-electron chi connectivity index (χ3n) is 12.1. The van der Waals surface area contributed by atoms with Crippen molar-refractivity contribution in [1.82, 2.24) is 0 Å². The van der Waals surface area contributed by atoms with Gasteiger partial charge >= 0.3 is 17.9 Å². The predicted molar refractivity (Wildman–Crippen MR) is 258 cm³/mol. The Labute approximate surface area is 383 Å². The van der Waals surface area contributed by atoms with E-state index in [4.69, 9.17) is 18.9 Å². The van der Waals surface area contributed by atoms with E-state index >= 15 is 0 Å². The quantitative estimate of drug-likeness (QED) is 0.0278. The van der Waals surface area contributed by atoms with Crippen LogP contribution in [0.4, 0.5) is 0 Å². The summed E-state index contributed by atoms with van der Waals surface area (Å²) in [5.41, 5.74) is 0. The van der Waals surface area contributed by atoms with Crippen LogP contribution in [0.25, 0.3) is 0 Å². The van der Waals surface area contributed by atoms with Gasteiger partial charge in [0.15, 0.2) is 6.10 Å². The van der Waals surface area contributed by atoms with Crippen molar-refractivity contribution in [3.05, 3.63) is 0 Å². The predicted octanol–water partition coefficient (Wildman–Crippen LogP) is 14.8. The zero-order valence-electron chi connectivity index (χ0n) is 41.8. The highest BCUT2D eigenvalue weighted by Gasteiger charge is 2.25. The molecule has 0 amide bonds. The summed E-state index contributed by atoms with van der Waals surface area (Å²) in [6, 6.07) is 0. The molecule has 1 N–H and O–H groups in total. The molecule has 0 aromatic carbocycles. The Morgan fingerprint density at radius 3 is 1.03 bits per heavy atom. The van der Waals surface area contributed by atoms with Crippen LogP contribution in [0, 0.1) is 0 Å². The van der Waals surface area contributed by atoms with E-state index in [0.717, 1.165) is 38.5 Å². The molecule has 9 nitrogen and oxygen atoms in total. The highest BCUT2D eigenvalue weighted by Crippen LogP contribution is 2.17. The minimum atomic E-state index is -1.50. The number of carbonyl (C=O) groups excluding carboxylic acids is 2. The number of carboxylic acid groups (broad SMARTS) is 1. The Balaban J connectivity index is 4.19. The number of aliphatic carboxylic acids is 1. The zero-order valence-corrected chi connectivity index (χ0v) is 41.8. The van der Waals surface area contributed by atoms with Crippen LogP contribution in [0.5, 0.6) is 0 Å². The Morgan fingerprint density at radius 1 is 0.419 bits per heavy atom. The number of carbonyl (C=O) groups is 3. The summed E-state index contributed by atoms with van der Waals surface area (Å²) in [5, 5.41) is 9.66. The molecule has 0 spiro atoms. The van der Waals surface area contributed by atoms with Crippen molar-refractivity contribution in [2.24, 2.45) is 0 Å². The molecule has 0 radical (unpaired) electrons. The number of quaternary nitrogens is 1. The van der Waals surface area contributed by atoms with Gasteiger partial charge in [-0.05, 0) is 12.8 Å². The molecule has 62 heavy (non-hydrogen) atoms. The molecule has 0 aromatic heterocycles. The third kappa shape index (κ3) is 46.3. The van der Waals surface area contributed by atoms with Crippen LogP contribution in [0.3, 0.4) is 0 Å². The molecule has 2 unspecified atom stereocenters. The lowest BCUT2D eigenvalue weighted by Gasteiger charge is -2.25. The van der Waals surface area contributed by atoms with Gasteiger partial charge in [0.25, 0.3) is 6.29 Å². The third-order valence-corrected chi connectivity index (χ3v) is 12.1. The average Bonchev–Trinajstić information content (AvgIpc) is 3.23. The first-order chi connectivity index (χ1) is 30.1. The van der Waals surface area contributed by atoms with Crippen LogP contribution >= 0.6 is 0 Å². The second-order valence-corrected chi connectivity index (χ2v) is 19.6. The fourth-order valence-corrected chi connectivity index (χ4v) is 7.96. The molecule has 2 atom stereocenters. The van der Waals surface area contributed by atoms with Crippen LogP contribution in [-0.4, -0.2) is 87.4 Å². The van der Waals surface area contributed by atoms with E-state index in [9.17, 15) is 19.5 Å². The number of rotatable bonds is 50. The normalized spacial score (nSPS) is 12.7. The molecular formula is C53H104NO8+. The molecule has 0 saturated carbocycles. The average molecular weight is 883 g/mol. The highest BCUT2D eigenvalue weighted by atomic mass is 16.7. The maximum absolute atomic E-state index is 12.8. The summed E-state index contributed by atoms with van der Waals surface area (Å²) in [6.07, 6.45) is 46.0. The van der Waals surface area contributed by atoms with Crippen molar-refractivity contribution in [3.63, 3.8) is 0 Å². The number of unbranched alkanes of at least 4 members (excludes halogenated alkanes) is 35. The molecule has 0 heterocycles. The first-order valence-corrected chi connectivity index (χ1v) is 26.7. The van der Waals surface area contributed by atoms with Crippen molar-refractivity contribution in [3.8, 4) is 0 Å². The molecule has 0 aliphatic carbocycles. The van der Waals surface area contributed by atoms with E-state index in [1.165, 1.54) is 199 Å². The molecule has 0 rings (SSSR count). The number of nitrogens with zero attached hydrogens (tertiary/aromatic N) is 1. The summed E-state index contributed by atoms with van der Waals surface area (Å²) < 4.78 is 22.8. The highest BCUT2D eigenvalue weighted by molar-refractivity contribution is 5.71. The van der Waals surface area contributed by atoms with Crippen LogP contribution in [0.15, 0.2) is 0 Å². The van der Waals surface area contributed by atoms with E-state index < -0.39 is 18.4 Å². The number of carboxylic acids is 1. The Morgan fingerprint density at radius 2 is 0.726 bits per heavy atom. The van der Waals surface area contributed by atoms with E-state index in [1.807, 2.05) is 21.1 Å². The van der Waals surface area contributed by atoms with Crippen LogP contribution < -0.4 is 0 Å². The van der Waals surface area contributed by atoms with Crippen LogP contribution in [0.2, 0.25) is 0 Å². The first-order valence-electron chi connectivity index (χ1n) is 26.7. The maximum Gasteiger partial charge on any atom is 0.361 e. The smallest absolute Gasteiger partial charge is 0.361 e. The van der Waals surface area contributed by atoms with Gasteiger partial charge in [-0.25, -0.2) is 4.79 Å². The number of likely N-dealkylation sites (N-methyl/N-ethyl adjacent to an activating group) is 1. The lowest BCUT2D eigenvalue weighted by Crippen LogP contribution is -2.40. The lowest BCUT2D eigenvalue weighted by atomic mass is 10.0. The molecule has 0 saturated heterocycles. The van der Waals surface area contributed by atoms with E-state index in [1.54, 1.807) is 0 Å². The van der Waals surface area contributed by atoms with E-state index in [-0.39, 0.29) is 38.2 Å². The molecule has 0 aliphatic rings. The number of ether oxygens (including phenoxy) is 4. The van der Waals surface area contributed by atoms with Gasteiger partial charge in [0.1, 0.15) is 13.2 Å². The maximum atomic E-state index is 12.8. The van der Waals surface area contributed by atoms with Gasteiger partial charge in [0, 0.05) is 12.8 Å². The van der Waals surface area contributed by atoms with E-state index in [0.29, 0.717) is 17.4 Å². The molecule has 0 aliphatic heterocycles. The minimum absolute atomic E-state index is 0.173. The summed E-state index contributed by atoms with van der Waals surface area (Å²) in [7, 11) is 5.97. The van der Waals surface area contributed by atoms with Crippen molar-refractivity contribution < 1.29 is 42.9 Å². The van der Waals surface area contributed by atoms with Gasteiger partial charge in [-0.2, -0.15) is 0 Å². The van der Waals surface area contributed by atoms with Crippen LogP contribution in [0.1, 0.15) is 264 Å². The monoisotopic (exact) mass is 883 g/mol. The molecule has 9 heteroatoms. The van der Waals surface area contributed by atoms with Gasteiger partial charge in [-0.1, -0.05) is 239 Å². The Hall–Kier alpha value is -1.71. The fraction of sp³-hybridized carbons (Fsp3) is 0.943. The molecule has 0 fully saturated rings. The Bertz CT molecular complexity index is 985. The van der Waals surface area contributed by atoms with Crippen molar-refractivity contribution in [2.45, 2.75) is 277 Å². The van der Waals surface area contributed by atoms with Gasteiger partial charge in [0.2, 0.25) is 0 Å². The largest absolute Gasteiger partial charge is 0.477 e. The first kappa shape index (κ1) is 60.3. The SMILES string of the molecule is CCCCCCCCCCCCCCCCCCCCCCCCCCC(=O)OC(COC(=O)CCCCCCCCCCCCCCC)COC(OCC[N+](C)(C)C)C(=O)O. The summed E-state index contributed by atoms with van der Waals surface area (Å²) in [6.45, 7) is 4.93. The summed E-state index contributed by atoms with van der Waals surface area (Å²) >= 11 is 0. The van der Waals surface area contributed by atoms with Crippen molar-refractivity contribution in [1.29, 1.82) is 0 Å². The summed E-state index contributed by atoms with van der Waals surface area (Å²) in [5.74, 6) is -1.98. The van der Waals surface area contributed by atoms with Gasteiger partial charge in [-0.3, -0.25) is 9.59 Å². The number of hydrogen-bond acceptors (Lipinski definition) is 7. The van der Waals surface area contributed by atoms with E-state index in [2.05, 4.69) is 13.8 Å².